The van der Waals surface area contributed by atoms with Crippen molar-refractivity contribution in [3.8, 4) is 5.88 Å². The molecule has 0 atom stereocenters. The van der Waals surface area contributed by atoms with E-state index in [1.54, 1.807) is 0 Å². The zero-order valence-electron chi connectivity index (χ0n) is 6.87. The van der Waals surface area contributed by atoms with E-state index in [9.17, 15) is 13.6 Å². The third-order valence-electron chi connectivity index (χ3n) is 1.36. The molecule has 0 aliphatic carbocycles. The number of alkyl halides is 2. The van der Waals surface area contributed by atoms with Crippen molar-refractivity contribution in [2.75, 3.05) is 0 Å². The van der Waals surface area contributed by atoms with Crippen molar-refractivity contribution < 1.29 is 23.4 Å². The quantitative estimate of drug-likeness (QED) is 0.846. The topological polar surface area (TPSA) is 64.4 Å². The fourth-order valence-corrected chi connectivity index (χ4v) is 1.15. The minimum Gasteiger partial charge on any atom is -0.476 e. The Hall–Kier alpha value is -1.37. The Morgan fingerprint density at radius 2 is 2.29 bits per heavy atom. The van der Waals surface area contributed by atoms with Crippen LogP contribution in [0, 0.1) is 0 Å². The number of halogens is 3. The Labute approximate surface area is 81.8 Å². The number of ether oxygens (including phenoxy) is 1. The van der Waals surface area contributed by atoms with Crippen LogP contribution in [0.5, 0.6) is 5.88 Å². The Morgan fingerprint density at radius 1 is 1.71 bits per heavy atom. The molecule has 0 spiro atoms. The third kappa shape index (κ3) is 1.92. The molecule has 78 valence electrons. The summed E-state index contributed by atoms with van der Waals surface area (Å²) >= 11 is 5.45. The number of carboxylic acid groups (broad SMARTS) is 1. The lowest BCUT2D eigenvalue weighted by molar-refractivity contribution is -0.0530. The number of rotatable bonds is 3. The minimum atomic E-state index is -3.09. The van der Waals surface area contributed by atoms with E-state index in [0.717, 1.165) is 4.68 Å². The fraction of sp³-hybridized carbons (Fsp3) is 0.333. The summed E-state index contributed by atoms with van der Waals surface area (Å²) in [5.74, 6) is -1.96. The molecule has 0 fully saturated rings. The second-order valence-corrected chi connectivity index (χ2v) is 2.65. The molecule has 0 aliphatic rings. The first kappa shape index (κ1) is 10.7. The molecule has 0 unspecified atom stereocenters. The van der Waals surface area contributed by atoms with Crippen molar-refractivity contribution in [2.24, 2.45) is 7.05 Å². The molecule has 14 heavy (non-hydrogen) atoms. The van der Waals surface area contributed by atoms with Gasteiger partial charge >= 0.3 is 12.6 Å². The maximum atomic E-state index is 11.8. The van der Waals surface area contributed by atoms with E-state index >= 15 is 0 Å². The summed E-state index contributed by atoms with van der Waals surface area (Å²) in [4.78, 5) is 10.6. The summed E-state index contributed by atoms with van der Waals surface area (Å²) in [6, 6.07) is 0. The van der Waals surface area contributed by atoms with Crippen molar-refractivity contribution in [1.29, 1.82) is 0 Å². The number of hydrogen-bond acceptors (Lipinski definition) is 3. The zero-order chi connectivity index (χ0) is 10.9. The number of aromatic nitrogens is 2. The first-order valence-corrected chi connectivity index (χ1v) is 3.72. The average Bonchev–Trinajstić information content (AvgIpc) is 2.25. The molecule has 8 heteroatoms. The number of carbonyl (C=O) groups is 1. The number of aryl methyl sites for hydroxylation is 1. The summed E-state index contributed by atoms with van der Waals surface area (Å²) in [7, 11) is 1.26. The van der Waals surface area contributed by atoms with E-state index in [-0.39, 0.29) is 0 Å². The van der Waals surface area contributed by atoms with Crippen LogP contribution < -0.4 is 4.74 Å². The van der Waals surface area contributed by atoms with Crippen LogP contribution in [-0.4, -0.2) is 27.5 Å². The Balaban J connectivity index is 3.10. The summed E-state index contributed by atoms with van der Waals surface area (Å²) in [5, 5.41) is 11.5. The van der Waals surface area contributed by atoms with Crippen molar-refractivity contribution in [3.63, 3.8) is 0 Å². The van der Waals surface area contributed by atoms with Gasteiger partial charge in [-0.25, -0.2) is 4.79 Å². The highest BCUT2D eigenvalue weighted by atomic mass is 35.5. The SMILES string of the molecule is Cn1nc(OC(F)F)c(Cl)c1C(=O)O. The van der Waals surface area contributed by atoms with Crippen LogP contribution in [0.1, 0.15) is 10.5 Å². The predicted molar refractivity (Wildman–Crippen MR) is 41.8 cm³/mol. The van der Waals surface area contributed by atoms with E-state index in [4.69, 9.17) is 16.7 Å². The van der Waals surface area contributed by atoms with Crippen LogP contribution in [0.25, 0.3) is 0 Å². The maximum Gasteiger partial charge on any atom is 0.388 e. The Morgan fingerprint density at radius 3 is 2.64 bits per heavy atom. The molecule has 0 aromatic carbocycles. The maximum absolute atomic E-state index is 11.8. The van der Waals surface area contributed by atoms with Crippen LogP contribution >= 0.6 is 11.6 Å². The van der Waals surface area contributed by atoms with Crippen LogP contribution in [0.2, 0.25) is 5.02 Å². The molecule has 0 radical (unpaired) electrons. The second-order valence-electron chi connectivity index (χ2n) is 2.28. The van der Waals surface area contributed by atoms with Crippen LogP contribution in [0.3, 0.4) is 0 Å². The monoisotopic (exact) mass is 226 g/mol. The molecular formula is C6H5ClF2N2O3. The minimum absolute atomic E-state index is 0.401. The van der Waals surface area contributed by atoms with Crippen LogP contribution in [0.15, 0.2) is 0 Å². The van der Waals surface area contributed by atoms with Gasteiger partial charge in [0.05, 0.1) is 0 Å². The lowest BCUT2D eigenvalue weighted by Crippen LogP contribution is -2.05. The zero-order valence-corrected chi connectivity index (χ0v) is 7.63. The van der Waals surface area contributed by atoms with E-state index in [1.807, 2.05) is 0 Å². The van der Waals surface area contributed by atoms with Gasteiger partial charge in [-0.15, -0.1) is 5.10 Å². The van der Waals surface area contributed by atoms with Gasteiger partial charge in [0, 0.05) is 7.05 Å². The largest absolute Gasteiger partial charge is 0.476 e. The van der Waals surface area contributed by atoms with Gasteiger partial charge in [0.1, 0.15) is 5.02 Å². The molecule has 1 aromatic heterocycles. The highest BCUT2D eigenvalue weighted by Gasteiger charge is 2.22. The average molecular weight is 227 g/mol. The summed E-state index contributed by atoms with van der Waals surface area (Å²) < 4.78 is 28.3. The molecule has 0 saturated heterocycles. The number of hydrogen-bond donors (Lipinski definition) is 1. The fourth-order valence-electron chi connectivity index (χ4n) is 0.865. The second kappa shape index (κ2) is 3.79. The summed E-state index contributed by atoms with van der Waals surface area (Å²) in [6.45, 7) is -3.09. The molecule has 0 bridgehead atoms. The van der Waals surface area contributed by atoms with Gasteiger partial charge in [-0.1, -0.05) is 11.6 Å². The lowest BCUT2D eigenvalue weighted by Gasteiger charge is -1.98. The van der Waals surface area contributed by atoms with E-state index in [1.165, 1.54) is 7.05 Å². The van der Waals surface area contributed by atoms with E-state index in [0.29, 0.717) is 0 Å². The van der Waals surface area contributed by atoms with Gasteiger partial charge in [-0.2, -0.15) is 8.78 Å². The van der Waals surface area contributed by atoms with Crippen LogP contribution in [-0.2, 0) is 7.05 Å². The lowest BCUT2D eigenvalue weighted by atomic mass is 10.4. The molecule has 5 nitrogen and oxygen atoms in total. The van der Waals surface area contributed by atoms with Gasteiger partial charge < -0.3 is 9.84 Å². The third-order valence-corrected chi connectivity index (χ3v) is 1.70. The van der Waals surface area contributed by atoms with Gasteiger partial charge in [-0.3, -0.25) is 4.68 Å². The van der Waals surface area contributed by atoms with Crippen molar-refractivity contribution in [1.82, 2.24) is 9.78 Å². The van der Waals surface area contributed by atoms with Gasteiger partial charge in [-0.05, 0) is 0 Å². The van der Waals surface area contributed by atoms with Gasteiger partial charge in [0.2, 0.25) is 0 Å². The highest BCUT2D eigenvalue weighted by Crippen LogP contribution is 2.27. The van der Waals surface area contributed by atoms with E-state index in [2.05, 4.69) is 9.84 Å². The highest BCUT2D eigenvalue weighted by molar-refractivity contribution is 6.34. The van der Waals surface area contributed by atoms with E-state index < -0.39 is 29.2 Å². The Bertz CT molecular complexity index is 366. The molecule has 1 aromatic rings. The number of carboxylic acids is 1. The summed E-state index contributed by atoms with van der Waals surface area (Å²) in [6.07, 6.45) is 0. The van der Waals surface area contributed by atoms with Crippen molar-refractivity contribution in [3.05, 3.63) is 10.7 Å². The molecule has 0 saturated carbocycles. The Kier molecular flexibility index (Phi) is 2.90. The number of nitrogens with zero attached hydrogens (tertiary/aromatic N) is 2. The molecule has 1 heterocycles. The van der Waals surface area contributed by atoms with Crippen molar-refractivity contribution in [2.45, 2.75) is 6.61 Å². The first-order chi connectivity index (χ1) is 6.43. The predicted octanol–water partition coefficient (Wildman–Crippen LogP) is 1.37. The molecule has 0 amide bonds. The molecule has 1 N–H and O–H groups in total. The molecule has 0 aliphatic heterocycles. The van der Waals surface area contributed by atoms with Gasteiger partial charge in [0.25, 0.3) is 5.88 Å². The standard InChI is InChI=1S/C6H5ClF2N2O3/c1-11-3(5(12)13)2(7)4(10-11)14-6(8)9/h6H,1H3,(H,12,13). The molecule has 1 rings (SSSR count). The normalized spacial score (nSPS) is 10.6. The van der Waals surface area contributed by atoms with Crippen LogP contribution in [0.4, 0.5) is 8.78 Å². The molecular weight excluding hydrogens is 222 g/mol. The van der Waals surface area contributed by atoms with Crippen molar-refractivity contribution >= 4 is 17.6 Å². The number of aromatic carboxylic acids is 1. The first-order valence-electron chi connectivity index (χ1n) is 3.34. The smallest absolute Gasteiger partial charge is 0.388 e. The van der Waals surface area contributed by atoms with Gasteiger partial charge in [0.15, 0.2) is 5.69 Å². The summed E-state index contributed by atoms with van der Waals surface area (Å²) in [5.41, 5.74) is -0.401.